The molecule has 3 aromatic heterocycles. The number of carbonyl (C=O) groups excluding carboxylic acids is 1. The second-order valence-corrected chi connectivity index (χ2v) is 5.99. The minimum Gasteiger partial charge on any atom is -0.497 e. The van der Waals surface area contributed by atoms with Crippen molar-refractivity contribution in [3.8, 4) is 17.0 Å². The van der Waals surface area contributed by atoms with Crippen molar-refractivity contribution in [2.24, 2.45) is 0 Å². The number of nitrogens with zero attached hydrogens (tertiary/aromatic N) is 4. The van der Waals surface area contributed by atoms with Gasteiger partial charge in [0.15, 0.2) is 4.96 Å². The Bertz CT molecular complexity index is 1020. The number of hydrogen-bond acceptors (Lipinski definition) is 6. The Balaban J connectivity index is 1.64. The molecule has 124 valence electrons. The molecule has 0 unspecified atom stereocenters. The number of rotatable bonds is 4. The van der Waals surface area contributed by atoms with Gasteiger partial charge in [0.2, 0.25) is 5.95 Å². The van der Waals surface area contributed by atoms with Gasteiger partial charge in [-0.1, -0.05) is 0 Å². The van der Waals surface area contributed by atoms with Crippen molar-refractivity contribution < 1.29 is 9.53 Å². The van der Waals surface area contributed by atoms with E-state index in [-0.39, 0.29) is 11.9 Å². The molecule has 0 bridgehead atoms. The number of hydrogen-bond donors (Lipinski definition) is 1. The monoisotopic (exact) mass is 351 g/mol. The van der Waals surface area contributed by atoms with E-state index >= 15 is 0 Å². The molecule has 0 atom stereocenters. The number of benzene rings is 1. The zero-order valence-corrected chi connectivity index (χ0v) is 14.0. The molecule has 25 heavy (non-hydrogen) atoms. The van der Waals surface area contributed by atoms with E-state index < -0.39 is 0 Å². The number of fused-ring (bicyclic) bond motifs is 1. The second-order valence-electron chi connectivity index (χ2n) is 5.15. The Kier molecular flexibility index (Phi) is 3.87. The maximum atomic E-state index is 12.5. The van der Waals surface area contributed by atoms with Crippen LogP contribution in [0.5, 0.6) is 5.75 Å². The van der Waals surface area contributed by atoms with Crippen LogP contribution >= 0.6 is 11.3 Å². The van der Waals surface area contributed by atoms with Crippen molar-refractivity contribution >= 4 is 28.2 Å². The fraction of sp³-hybridized carbons (Fsp3) is 0.0588. The number of thiazole rings is 1. The fourth-order valence-electron chi connectivity index (χ4n) is 2.38. The standard InChI is InChI=1S/C17H13N5O2S/c1-24-12-5-3-11(4-6-12)13-9-22-14(10-25-17(22)20-13)15(23)21-16-18-7-2-8-19-16/h2-10H,1H3,(H,18,19,21,23). The number of nitrogens with one attached hydrogen (secondary N) is 1. The van der Waals surface area contributed by atoms with Gasteiger partial charge in [-0.2, -0.15) is 0 Å². The lowest BCUT2D eigenvalue weighted by Crippen LogP contribution is -2.15. The number of ether oxygens (including phenoxy) is 1. The maximum absolute atomic E-state index is 12.5. The first-order chi connectivity index (χ1) is 12.2. The summed E-state index contributed by atoms with van der Waals surface area (Å²) >= 11 is 1.40. The van der Waals surface area contributed by atoms with Gasteiger partial charge in [0.05, 0.1) is 12.8 Å². The normalized spacial score (nSPS) is 10.8. The summed E-state index contributed by atoms with van der Waals surface area (Å²) in [6.07, 6.45) is 4.99. The van der Waals surface area contributed by atoms with Crippen LogP contribution in [0, 0.1) is 0 Å². The largest absolute Gasteiger partial charge is 0.497 e. The SMILES string of the molecule is COc1ccc(-c2cn3c(C(=O)Nc4ncccn4)csc3n2)cc1. The van der Waals surface area contributed by atoms with E-state index in [0.29, 0.717) is 5.69 Å². The molecule has 0 aliphatic rings. The van der Waals surface area contributed by atoms with Crippen LogP contribution < -0.4 is 10.1 Å². The highest BCUT2D eigenvalue weighted by atomic mass is 32.1. The lowest BCUT2D eigenvalue weighted by atomic mass is 10.2. The molecule has 0 spiro atoms. The van der Waals surface area contributed by atoms with Crippen LogP contribution in [0.4, 0.5) is 5.95 Å². The summed E-state index contributed by atoms with van der Waals surface area (Å²) in [5.41, 5.74) is 2.23. The minimum absolute atomic E-state index is 0.266. The van der Waals surface area contributed by atoms with Crippen LogP contribution in [-0.2, 0) is 0 Å². The van der Waals surface area contributed by atoms with Crippen LogP contribution in [0.1, 0.15) is 10.5 Å². The van der Waals surface area contributed by atoms with Crippen LogP contribution in [0.25, 0.3) is 16.2 Å². The zero-order chi connectivity index (χ0) is 17.2. The molecule has 7 nitrogen and oxygen atoms in total. The third-order valence-corrected chi connectivity index (χ3v) is 4.46. The number of imidazole rings is 1. The minimum atomic E-state index is -0.281. The molecule has 0 aliphatic heterocycles. The van der Waals surface area contributed by atoms with Crippen molar-refractivity contribution in [1.82, 2.24) is 19.4 Å². The predicted octanol–water partition coefficient (Wildman–Crippen LogP) is 3.11. The van der Waals surface area contributed by atoms with Crippen LogP contribution in [0.2, 0.25) is 0 Å². The molecule has 0 saturated heterocycles. The summed E-state index contributed by atoms with van der Waals surface area (Å²) in [6.45, 7) is 0. The fourth-order valence-corrected chi connectivity index (χ4v) is 3.23. The Morgan fingerprint density at radius 2 is 1.96 bits per heavy atom. The van der Waals surface area contributed by atoms with Gasteiger partial charge < -0.3 is 4.74 Å². The van der Waals surface area contributed by atoms with E-state index in [9.17, 15) is 4.79 Å². The molecule has 1 aromatic carbocycles. The number of carbonyl (C=O) groups is 1. The molecule has 0 radical (unpaired) electrons. The Hall–Kier alpha value is -3.26. The highest BCUT2D eigenvalue weighted by Gasteiger charge is 2.16. The molecule has 8 heteroatoms. The molecule has 1 amide bonds. The van der Waals surface area contributed by atoms with Crippen molar-refractivity contribution in [2.45, 2.75) is 0 Å². The van der Waals surface area contributed by atoms with E-state index in [0.717, 1.165) is 22.0 Å². The molecule has 0 saturated carbocycles. The van der Waals surface area contributed by atoms with Gasteiger partial charge in [0.25, 0.3) is 5.91 Å². The Labute approximate surface area is 147 Å². The van der Waals surface area contributed by atoms with Crippen molar-refractivity contribution in [3.05, 3.63) is 60.0 Å². The summed E-state index contributed by atoms with van der Waals surface area (Å²) in [6, 6.07) is 9.31. The molecule has 0 aliphatic carbocycles. The second kappa shape index (κ2) is 6.33. The first kappa shape index (κ1) is 15.3. The topological polar surface area (TPSA) is 81.4 Å². The average molecular weight is 351 g/mol. The summed E-state index contributed by atoms with van der Waals surface area (Å²) in [5.74, 6) is 0.770. The van der Waals surface area contributed by atoms with Gasteiger partial charge in [0, 0.05) is 29.5 Å². The highest BCUT2D eigenvalue weighted by Crippen LogP contribution is 2.25. The van der Waals surface area contributed by atoms with E-state index in [4.69, 9.17) is 4.74 Å². The predicted molar refractivity (Wildman–Crippen MR) is 95.0 cm³/mol. The number of aromatic nitrogens is 4. The summed E-state index contributed by atoms with van der Waals surface area (Å²) in [5, 5.41) is 4.44. The molecule has 1 N–H and O–H groups in total. The van der Waals surface area contributed by atoms with Gasteiger partial charge in [-0.05, 0) is 30.3 Å². The van der Waals surface area contributed by atoms with Crippen molar-refractivity contribution in [2.75, 3.05) is 12.4 Å². The smallest absolute Gasteiger partial charge is 0.275 e. The van der Waals surface area contributed by atoms with Gasteiger partial charge in [-0.15, -0.1) is 11.3 Å². The Morgan fingerprint density at radius 3 is 2.68 bits per heavy atom. The quantitative estimate of drug-likeness (QED) is 0.611. The molecular formula is C17H13N5O2S. The number of anilines is 1. The van der Waals surface area contributed by atoms with Crippen molar-refractivity contribution in [3.63, 3.8) is 0 Å². The summed E-state index contributed by atoms with van der Waals surface area (Å²) in [4.78, 5) is 25.8. The third kappa shape index (κ3) is 2.94. The number of amides is 1. The van der Waals surface area contributed by atoms with Crippen LogP contribution in [0.15, 0.2) is 54.3 Å². The van der Waals surface area contributed by atoms with Gasteiger partial charge >= 0.3 is 0 Å². The molecular weight excluding hydrogens is 338 g/mol. The highest BCUT2D eigenvalue weighted by molar-refractivity contribution is 7.15. The van der Waals surface area contributed by atoms with Crippen LogP contribution in [0.3, 0.4) is 0 Å². The van der Waals surface area contributed by atoms with E-state index in [1.54, 1.807) is 35.4 Å². The average Bonchev–Trinajstić information content (AvgIpc) is 3.23. The Morgan fingerprint density at radius 1 is 1.20 bits per heavy atom. The van der Waals surface area contributed by atoms with E-state index in [1.807, 2.05) is 30.5 Å². The van der Waals surface area contributed by atoms with Gasteiger partial charge in [-0.25, -0.2) is 15.0 Å². The summed E-state index contributed by atoms with van der Waals surface area (Å²) in [7, 11) is 1.63. The van der Waals surface area contributed by atoms with Gasteiger partial charge in [0.1, 0.15) is 11.4 Å². The van der Waals surface area contributed by atoms with Crippen LogP contribution in [-0.4, -0.2) is 32.4 Å². The lowest BCUT2D eigenvalue weighted by Gasteiger charge is -2.02. The van der Waals surface area contributed by atoms with E-state index in [2.05, 4.69) is 20.3 Å². The third-order valence-electron chi connectivity index (χ3n) is 3.62. The molecule has 4 rings (SSSR count). The van der Waals surface area contributed by atoms with Crippen molar-refractivity contribution in [1.29, 1.82) is 0 Å². The number of methoxy groups -OCH3 is 1. The lowest BCUT2D eigenvalue weighted by molar-refractivity contribution is 0.102. The van der Waals surface area contributed by atoms with Gasteiger partial charge in [-0.3, -0.25) is 14.5 Å². The molecule has 3 heterocycles. The maximum Gasteiger partial charge on any atom is 0.275 e. The zero-order valence-electron chi connectivity index (χ0n) is 13.2. The first-order valence-electron chi connectivity index (χ1n) is 7.44. The summed E-state index contributed by atoms with van der Waals surface area (Å²) < 4.78 is 6.93. The first-order valence-corrected chi connectivity index (χ1v) is 8.32. The molecule has 0 fully saturated rings. The molecule has 4 aromatic rings. The van der Waals surface area contributed by atoms with E-state index in [1.165, 1.54) is 11.3 Å².